The Morgan fingerprint density at radius 1 is 0.950 bits per heavy atom. The molecule has 2 rings (SSSR count). The smallest absolute Gasteiger partial charge is 0.343 e. The molecule has 0 aliphatic heterocycles. The van der Waals surface area contributed by atoms with Crippen molar-refractivity contribution in [1.29, 1.82) is 0 Å². The van der Waals surface area contributed by atoms with Crippen molar-refractivity contribution in [2.75, 3.05) is 0 Å². The number of ether oxygens (including phenoxy) is 1. The van der Waals surface area contributed by atoms with Gasteiger partial charge in [0.25, 0.3) is 0 Å². The van der Waals surface area contributed by atoms with E-state index >= 15 is 0 Å². The van der Waals surface area contributed by atoms with Crippen molar-refractivity contribution in [3.63, 3.8) is 0 Å². The highest BCUT2D eigenvalue weighted by molar-refractivity contribution is 6.30. The number of hydrogen-bond donors (Lipinski definition) is 0. The summed E-state index contributed by atoms with van der Waals surface area (Å²) >= 11 is 5.78. The average Bonchev–Trinajstić information content (AvgIpc) is 2.40. The predicted molar refractivity (Wildman–Crippen MR) is 81.6 cm³/mol. The second-order valence-electron chi connectivity index (χ2n) is 5.67. The van der Waals surface area contributed by atoms with Crippen LogP contribution in [0.2, 0.25) is 5.02 Å². The lowest BCUT2D eigenvalue weighted by atomic mass is 9.87. The molecular weight excluding hydrogens is 272 g/mol. The molecule has 0 atom stereocenters. The Morgan fingerprint density at radius 3 is 2.00 bits per heavy atom. The van der Waals surface area contributed by atoms with Crippen LogP contribution >= 0.6 is 11.6 Å². The molecule has 2 nitrogen and oxygen atoms in total. The summed E-state index contributed by atoms with van der Waals surface area (Å²) < 4.78 is 5.28. The van der Waals surface area contributed by atoms with Crippen molar-refractivity contribution in [3.05, 3.63) is 64.7 Å². The van der Waals surface area contributed by atoms with E-state index < -0.39 is 0 Å². The SMILES string of the molecule is CC(C)(C)c1ccc(C(=O)Oc2ccc(Cl)cc2)cc1. The minimum Gasteiger partial charge on any atom is -0.423 e. The summed E-state index contributed by atoms with van der Waals surface area (Å²) in [5, 5.41) is 0.610. The maximum Gasteiger partial charge on any atom is 0.343 e. The zero-order chi connectivity index (χ0) is 14.8. The van der Waals surface area contributed by atoms with Crippen molar-refractivity contribution in [2.24, 2.45) is 0 Å². The van der Waals surface area contributed by atoms with Crippen molar-refractivity contribution in [3.8, 4) is 5.75 Å². The molecule has 20 heavy (non-hydrogen) atoms. The summed E-state index contributed by atoms with van der Waals surface area (Å²) in [5.41, 5.74) is 1.78. The first-order chi connectivity index (χ1) is 9.36. The van der Waals surface area contributed by atoms with Crippen molar-refractivity contribution < 1.29 is 9.53 Å². The Balaban J connectivity index is 2.11. The number of hydrogen-bond acceptors (Lipinski definition) is 2. The maximum atomic E-state index is 12.0. The molecule has 104 valence electrons. The third-order valence-corrected chi connectivity index (χ3v) is 3.26. The van der Waals surface area contributed by atoms with Gasteiger partial charge in [-0.2, -0.15) is 0 Å². The number of benzene rings is 2. The molecule has 3 heteroatoms. The van der Waals surface area contributed by atoms with Gasteiger partial charge in [-0.1, -0.05) is 44.5 Å². The molecule has 0 aromatic heterocycles. The molecule has 0 amide bonds. The first kappa shape index (κ1) is 14.6. The highest BCUT2D eigenvalue weighted by Crippen LogP contribution is 2.23. The van der Waals surface area contributed by atoms with Crippen LogP contribution in [-0.2, 0) is 5.41 Å². The Morgan fingerprint density at radius 2 is 1.50 bits per heavy atom. The first-order valence-electron chi connectivity index (χ1n) is 6.44. The molecule has 0 unspecified atom stereocenters. The average molecular weight is 289 g/mol. The van der Waals surface area contributed by atoms with Gasteiger partial charge in [-0.3, -0.25) is 0 Å². The van der Waals surface area contributed by atoms with Crippen LogP contribution in [0.5, 0.6) is 5.75 Å². The van der Waals surface area contributed by atoms with Crippen LogP contribution in [0, 0.1) is 0 Å². The summed E-state index contributed by atoms with van der Waals surface area (Å²) in [6.07, 6.45) is 0. The molecule has 0 bridgehead atoms. The van der Waals surface area contributed by atoms with Gasteiger partial charge in [0.1, 0.15) is 5.75 Å². The Kier molecular flexibility index (Phi) is 4.15. The fourth-order valence-corrected chi connectivity index (χ4v) is 1.90. The molecule has 0 heterocycles. The monoisotopic (exact) mass is 288 g/mol. The minimum atomic E-state index is -0.368. The van der Waals surface area contributed by atoms with Gasteiger partial charge in [-0.25, -0.2) is 4.79 Å². The standard InChI is InChI=1S/C17H17ClO2/c1-17(2,3)13-6-4-12(5-7-13)16(19)20-15-10-8-14(18)9-11-15/h4-11H,1-3H3. The second kappa shape index (κ2) is 5.68. The lowest BCUT2D eigenvalue weighted by Crippen LogP contribution is -2.12. The predicted octanol–water partition coefficient (Wildman–Crippen LogP) is 4.86. The van der Waals surface area contributed by atoms with Gasteiger partial charge in [0.2, 0.25) is 0 Å². The van der Waals surface area contributed by atoms with E-state index in [1.165, 1.54) is 5.56 Å². The lowest BCUT2D eigenvalue weighted by molar-refractivity contribution is 0.0734. The topological polar surface area (TPSA) is 26.3 Å². The number of rotatable bonds is 2. The molecule has 0 fully saturated rings. The van der Waals surface area contributed by atoms with Crippen LogP contribution in [-0.4, -0.2) is 5.97 Å². The maximum absolute atomic E-state index is 12.0. The van der Waals surface area contributed by atoms with Crippen LogP contribution in [0.4, 0.5) is 0 Å². The third-order valence-electron chi connectivity index (χ3n) is 3.01. The molecule has 2 aromatic rings. The highest BCUT2D eigenvalue weighted by atomic mass is 35.5. The summed E-state index contributed by atoms with van der Waals surface area (Å²) in [7, 11) is 0. The third kappa shape index (κ3) is 3.61. The first-order valence-corrected chi connectivity index (χ1v) is 6.82. The van der Waals surface area contributed by atoms with E-state index in [9.17, 15) is 4.79 Å². The largest absolute Gasteiger partial charge is 0.423 e. The van der Waals surface area contributed by atoms with Gasteiger partial charge in [0.15, 0.2) is 0 Å². The van der Waals surface area contributed by atoms with E-state index in [2.05, 4.69) is 20.8 Å². The molecule has 0 spiro atoms. The van der Waals surface area contributed by atoms with Gasteiger partial charge in [0.05, 0.1) is 5.56 Å². The van der Waals surface area contributed by atoms with E-state index in [1.807, 2.05) is 12.1 Å². The van der Waals surface area contributed by atoms with Crippen molar-refractivity contribution in [2.45, 2.75) is 26.2 Å². The van der Waals surface area contributed by atoms with Crippen LogP contribution in [0.15, 0.2) is 48.5 Å². The molecule has 2 aromatic carbocycles. The molecular formula is C17H17ClO2. The molecule has 0 aliphatic rings. The molecule has 0 saturated heterocycles. The van der Waals surface area contributed by atoms with Gasteiger partial charge in [0, 0.05) is 5.02 Å². The fraction of sp³-hybridized carbons (Fsp3) is 0.235. The van der Waals surface area contributed by atoms with Crippen LogP contribution in [0.3, 0.4) is 0 Å². The van der Waals surface area contributed by atoms with Gasteiger partial charge >= 0.3 is 5.97 Å². The lowest BCUT2D eigenvalue weighted by Gasteiger charge is -2.18. The van der Waals surface area contributed by atoms with Gasteiger partial charge in [-0.15, -0.1) is 0 Å². The van der Waals surface area contributed by atoms with E-state index in [0.717, 1.165) is 0 Å². The van der Waals surface area contributed by atoms with Crippen molar-refractivity contribution in [1.82, 2.24) is 0 Å². The van der Waals surface area contributed by atoms with E-state index in [0.29, 0.717) is 16.3 Å². The number of carbonyl (C=O) groups is 1. The zero-order valence-electron chi connectivity index (χ0n) is 11.8. The van der Waals surface area contributed by atoms with Crippen LogP contribution < -0.4 is 4.74 Å². The number of esters is 1. The zero-order valence-corrected chi connectivity index (χ0v) is 12.6. The Labute approximate surface area is 124 Å². The molecule has 0 saturated carbocycles. The quantitative estimate of drug-likeness (QED) is 0.583. The van der Waals surface area contributed by atoms with Crippen LogP contribution in [0.25, 0.3) is 0 Å². The Hall–Kier alpha value is -1.80. The van der Waals surface area contributed by atoms with Gasteiger partial charge in [-0.05, 0) is 47.4 Å². The molecule has 0 N–H and O–H groups in total. The summed E-state index contributed by atoms with van der Waals surface area (Å²) in [6, 6.07) is 14.2. The highest BCUT2D eigenvalue weighted by Gasteiger charge is 2.15. The summed E-state index contributed by atoms with van der Waals surface area (Å²) in [6.45, 7) is 6.40. The summed E-state index contributed by atoms with van der Waals surface area (Å²) in [4.78, 5) is 12.0. The van der Waals surface area contributed by atoms with Crippen molar-refractivity contribution >= 4 is 17.6 Å². The minimum absolute atomic E-state index is 0.0681. The Bertz CT molecular complexity index is 592. The fourth-order valence-electron chi connectivity index (χ4n) is 1.77. The molecule has 0 aliphatic carbocycles. The second-order valence-corrected chi connectivity index (χ2v) is 6.11. The van der Waals surface area contributed by atoms with E-state index in [4.69, 9.17) is 16.3 Å². The van der Waals surface area contributed by atoms with E-state index in [1.54, 1.807) is 36.4 Å². The normalized spacial score (nSPS) is 11.2. The van der Waals surface area contributed by atoms with Gasteiger partial charge < -0.3 is 4.74 Å². The number of halogens is 1. The van der Waals surface area contributed by atoms with Crippen LogP contribution in [0.1, 0.15) is 36.7 Å². The number of carbonyl (C=O) groups excluding carboxylic acids is 1. The van der Waals surface area contributed by atoms with E-state index in [-0.39, 0.29) is 11.4 Å². The molecule has 0 radical (unpaired) electrons. The summed E-state index contributed by atoms with van der Waals surface area (Å²) in [5.74, 6) is 0.118.